The minimum Gasteiger partial charge on any atom is -0.244 e. The number of hydrogen-bond acceptors (Lipinski definition) is 4. The predicted molar refractivity (Wildman–Crippen MR) is 52.4 cm³/mol. The van der Waals surface area contributed by atoms with Crippen molar-refractivity contribution in [3.05, 3.63) is 36.9 Å². The van der Waals surface area contributed by atoms with Crippen LogP contribution < -0.4 is 0 Å². The molecule has 14 heavy (non-hydrogen) atoms. The van der Waals surface area contributed by atoms with E-state index < -0.39 is 0 Å². The molecule has 70 valence electrons. The Bertz CT molecular complexity index is 396. The molecular formula is C10H10N4. The van der Waals surface area contributed by atoms with Gasteiger partial charge in [-0.05, 0) is 0 Å². The lowest BCUT2D eigenvalue weighted by molar-refractivity contribution is 0.940. The van der Waals surface area contributed by atoms with Crippen molar-refractivity contribution in [2.45, 2.75) is 13.3 Å². The molecule has 0 aliphatic rings. The summed E-state index contributed by atoms with van der Waals surface area (Å²) in [5.74, 6) is 0.852. The van der Waals surface area contributed by atoms with Gasteiger partial charge >= 0.3 is 0 Å². The van der Waals surface area contributed by atoms with E-state index in [1.54, 1.807) is 24.8 Å². The van der Waals surface area contributed by atoms with Gasteiger partial charge in [0.15, 0.2) is 0 Å². The van der Waals surface area contributed by atoms with Gasteiger partial charge in [-0.2, -0.15) is 0 Å². The molecular weight excluding hydrogens is 176 g/mol. The Morgan fingerprint density at radius 2 is 1.50 bits per heavy atom. The van der Waals surface area contributed by atoms with Gasteiger partial charge in [0.2, 0.25) is 0 Å². The van der Waals surface area contributed by atoms with Crippen molar-refractivity contribution in [3.63, 3.8) is 0 Å². The third kappa shape index (κ3) is 1.74. The zero-order valence-corrected chi connectivity index (χ0v) is 7.88. The largest absolute Gasteiger partial charge is 0.244 e. The van der Waals surface area contributed by atoms with Crippen molar-refractivity contribution >= 4 is 0 Å². The molecule has 0 bridgehead atoms. The Labute approximate surface area is 82.1 Å². The van der Waals surface area contributed by atoms with Gasteiger partial charge < -0.3 is 0 Å². The van der Waals surface area contributed by atoms with Gasteiger partial charge in [-0.25, -0.2) is 19.9 Å². The maximum Gasteiger partial charge on any atom is 0.127 e. The first-order valence-corrected chi connectivity index (χ1v) is 4.46. The molecule has 0 aliphatic heterocycles. The van der Waals surface area contributed by atoms with Crippen LogP contribution in [0.4, 0.5) is 0 Å². The lowest BCUT2D eigenvalue weighted by atomic mass is 10.2. The molecule has 0 aromatic carbocycles. The molecule has 0 spiro atoms. The van der Waals surface area contributed by atoms with Gasteiger partial charge in [-0.15, -0.1) is 0 Å². The van der Waals surface area contributed by atoms with E-state index in [-0.39, 0.29) is 0 Å². The van der Waals surface area contributed by atoms with Crippen LogP contribution in [0.5, 0.6) is 0 Å². The Morgan fingerprint density at radius 3 is 2.07 bits per heavy atom. The number of hydrogen-bond donors (Lipinski definition) is 0. The molecule has 4 heteroatoms. The van der Waals surface area contributed by atoms with Crippen molar-refractivity contribution < 1.29 is 0 Å². The van der Waals surface area contributed by atoms with E-state index in [1.165, 1.54) is 6.33 Å². The zero-order chi connectivity index (χ0) is 9.80. The standard InChI is InChI=1S/C10H10N4/c1-2-10-13-5-9(6-14-10)8-3-11-7-12-4-8/h3-7H,2H2,1H3. The molecule has 2 heterocycles. The molecule has 2 rings (SSSR count). The maximum absolute atomic E-state index is 4.21. The van der Waals surface area contributed by atoms with Crippen LogP contribution in [-0.4, -0.2) is 19.9 Å². The van der Waals surface area contributed by atoms with Crippen molar-refractivity contribution in [2.24, 2.45) is 0 Å². The van der Waals surface area contributed by atoms with Crippen LogP contribution in [0.25, 0.3) is 11.1 Å². The van der Waals surface area contributed by atoms with Crippen molar-refractivity contribution in [2.75, 3.05) is 0 Å². The summed E-state index contributed by atoms with van der Waals surface area (Å²) in [6.45, 7) is 2.03. The minimum absolute atomic E-state index is 0.852. The van der Waals surface area contributed by atoms with E-state index in [0.29, 0.717) is 0 Å². The van der Waals surface area contributed by atoms with E-state index in [2.05, 4.69) is 19.9 Å². The highest BCUT2D eigenvalue weighted by Gasteiger charge is 1.98. The highest BCUT2D eigenvalue weighted by atomic mass is 14.9. The van der Waals surface area contributed by atoms with Gasteiger partial charge in [0.25, 0.3) is 0 Å². The third-order valence-corrected chi connectivity index (χ3v) is 1.92. The summed E-state index contributed by atoms with van der Waals surface area (Å²) in [6, 6.07) is 0. The lowest BCUT2D eigenvalue weighted by Gasteiger charge is -1.99. The Kier molecular flexibility index (Phi) is 2.44. The first-order valence-electron chi connectivity index (χ1n) is 4.46. The average molecular weight is 186 g/mol. The second-order valence-electron chi connectivity index (χ2n) is 2.87. The molecule has 0 saturated heterocycles. The summed E-state index contributed by atoms with van der Waals surface area (Å²) in [5, 5.41) is 0. The van der Waals surface area contributed by atoms with Crippen LogP contribution in [0.1, 0.15) is 12.7 Å². The van der Waals surface area contributed by atoms with Gasteiger partial charge in [-0.1, -0.05) is 6.92 Å². The SMILES string of the molecule is CCc1ncc(-c2cncnc2)cn1. The second-order valence-corrected chi connectivity index (χ2v) is 2.87. The Balaban J connectivity index is 2.34. The molecule has 4 nitrogen and oxygen atoms in total. The summed E-state index contributed by atoms with van der Waals surface area (Å²) in [6.07, 6.45) is 9.44. The first-order chi connectivity index (χ1) is 6.90. The topological polar surface area (TPSA) is 51.6 Å². The molecule has 0 atom stereocenters. The van der Waals surface area contributed by atoms with E-state index >= 15 is 0 Å². The summed E-state index contributed by atoms with van der Waals surface area (Å²) < 4.78 is 0. The van der Waals surface area contributed by atoms with E-state index in [1.807, 2.05) is 6.92 Å². The van der Waals surface area contributed by atoms with Crippen molar-refractivity contribution in [1.82, 2.24) is 19.9 Å². The highest BCUT2D eigenvalue weighted by molar-refractivity contribution is 5.58. The number of rotatable bonds is 2. The first kappa shape index (κ1) is 8.74. The molecule has 0 aliphatic carbocycles. The molecule has 2 aromatic rings. The van der Waals surface area contributed by atoms with Crippen LogP contribution in [0.15, 0.2) is 31.1 Å². The monoisotopic (exact) mass is 186 g/mol. The normalized spacial score (nSPS) is 10.1. The van der Waals surface area contributed by atoms with Crippen LogP contribution in [0.2, 0.25) is 0 Å². The number of aromatic nitrogens is 4. The fourth-order valence-electron chi connectivity index (χ4n) is 1.13. The van der Waals surface area contributed by atoms with E-state index in [0.717, 1.165) is 23.4 Å². The fraction of sp³-hybridized carbons (Fsp3) is 0.200. The smallest absolute Gasteiger partial charge is 0.127 e. The molecule has 0 saturated carbocycles. The fourth-order valence-corrected chi connectivity index (χ4v) is 1.13. The van der Waals surface area contributed by atoms with E-state index in [9.17, 15) is 0 Å². The third-order valence-electron chi connectivity index (χ3n) is 1.92. The number of aryl methyl sites for hydroxylation is 1. The zero-order valence-electron chi connectivity index (χ0n) is 7.88. The van der Waals surface area contributed by atoms with Crippen LogP contribution in [-0.2, 0) is 6.42 Å². The molecule has 0 fully saturated rings. The predicted octanol–water partition coefficient (Wildman–Crippen LogP) is 1.50. The molecule has 2 aromatic heterocycles. The minimum atomic E-state index is 0.852. The summed E-state index contributed by atoms with van der Waals surface area (Å²) in [5.41, 5.74) is 1.89. The van der Waals surface area contributed by atoms with Gasteiger partial charge in [0.1, 0.15) is 12.2 Å². The van der Waals surface area contributed by atoms with E-state index in [4.69, 9.17) is 0 Å². The molecule has 0 radical (unpaired) electrons. The Hall–Kier alpha value is -1.84. The van der Waals surface area contributed by atoms with Crippen LogP contribution in [0.3, 0.4) is 0 Å². The quantitative estimate of drug-likeness (QED) is 0.713. The van der Waals surface area contributed by atoms with Gasteiger partial charge in [-0.3, -0.25) is 0 Å². The summed E-state index contributed by atoms with van der Waals surface area (Å²) >= 11 is 0. The van der Waals surface area contributed by atoms with Crippen LogP contribution >= 0.6 is 0 Å². The second kappa shape index (κ2) is 3.91. The molecule has 0 unspecified atom stereocenters. The van der Waals surface area contributed by atoms with Gasteiger partial charge in [0.05, 0.1) is 0 Å². The molecule has 0 N–H and O–H groups in total. The molecule has 0 amide bonds. The Morgan fingerprint density at radius 1 is 0.929 bits per heavy atom. The van der Waals surface area contributed by atoms with Crippen LogP contribution in [0, 0.1) is 0 Å². The lowest BCUT2D eigenvalue weighted by Crippen LogP contribution is -1.92. The number of nitrogens with zero attached hydrogens (tertiary/aromatic N) is 4. The van der Waals surface area contributed by atoms with Crippen molar-refractivity contribution in [1.29, 1.82) is 0 Å². The summed E-state index contributed by atoms with van der Waals surface area (Å²) in [7, 11) is 0. The van der Waals surface area contributed by atoms with Crippen molar-refractivity contribution in [3.8, 4) is 11.1 Å². The highest BCUT2D eigenvalue weighted by Crippen LogP contribution is 2.13. The maximum atomic E-state index is 4.21. The average Bonchev–Trinajstić information content (AvgIpc) is 2.30. The van der Waals surface area contributed by atoms with Gasteiger partial charge in [0, 0.05) is 42.3 Å². The summed E-state index contributed by atoms with van der Waals surface area (Å²) in [4.78, 5) is 16.3.